The molecule has 0 radical (unpaired) electrons. The maximum Gasteiger partial charge on any atom is 0.0670 e. The third-order valence-electron chi connectivity index (χ3n) is 2.47. The molecule has 66 valence electrons. The first-order valence-corrected chi connectivity index (χ1v) is 6.81. The zero-order chi connectivity index (χ0) is 8.16. The Kier molecular flexibility index (Phi) is 4.57. The smallest absolute Gasteiger partial charge is 0.0670 e. The molecule has 0 aliphatic heterocycles. The fourth-order valence-electron chi connectivity index (χ4n) is 1.64. The second kappa shape index (κ2) is 4.95. The van der Waals surface area contributed by atoms with Gasteiger partial charge in [0.25, 0.3) is 0 Å². The lowest BCUT2D eigenvalue weighted by Gasteiger charge is -2.27. The van der Waals surface area contributed by atoms with Gasteiger partial charge < -0.3 is 0 Å². The Bertz CT molecular complexity index is 106. The minimum absolute atomic E-state index is 0.582. The Balaban J connectivity index is 2.37. The van der Waals surface area contributed by atoms with E-state index in [1.165, 1.54) is 44.9 Å². The summed E-state index contributed by atoms with van der Waals surface area (Å²) in [5.74, 6) is 0. The molecule has 2 heteroatoms. The summed E-state index contributed by atoms with van der Waals surface area (Å²) in [4.78, 5) is 0. The van der Waals surface area contributed by atoms with Crippen molar-refractivity contribution in [3.63, 3.8) is 0 Å². The van der Waals surface area contributed by atoms with Crippen molar-refractivity contribution in [1.82, 2.24) is 0 Å². The van der Waals surface area contributed by atoms with Gasteiger partial charge in [-0.3, -0.25) is 0 Å². The van der Waals surface area contributed by atoms with Crippen LogP contribution in [0.3, 0.4) is 0 Å². The Morgan fingerprint density at radius 2 is 1.45 bits per heavy atom. The van der Waals surface area contributed by atoms with Crippen LogP contribution in [0.2, 0.25) is 0 Å². The fraction of sp³-hybridized carbons (Fsp3) is 1.00. The van der Waals surface area contributed by atoms with Gasteiger partial charge in [-0.2, -0.15) is 0 Å². The van der Waals surface area contributed by atoms with Crippen LogP contribution < -0.4 is 0 Å². The van der Waals surface area contributed by atoms with Crippen molar-refractivity contribution in [3.05, 3.63) is 0 Å². The van der Waals surface area contributed by atoms with E-state index in [1.807, 2.05) is 0 Å². The van der Waals surface area contributed by atoms with Crippen LogP contribution in [0.25, 0.3) is 0 Å². The minimum atomic E-state index is 0.582. The van der Waals surface area contributed by atoms with Crippen molar-refractivity contribution < 1.29 is 0 Å². The summed E-state index contributed by atoms with van der Waals surface area (Å²) in [5, 5.41) is 0. The number of rotatable bonds is 1. The molecule has 1 fully saturated rings. The Morgan fingerprint density at radius 1 is 1.00 bits per heavy atom. The second-order valence-corrected chi connectivity index (χ2v) is 7.34. The molecule has 0 atom stereocenters. The van der Waals surface area contributed by atoms with E-state index in [4.69, 9.17) is 0 Å². The topological polar surface area (TPSA) is 0 Å². The van der Waals surface area contributed by atoms with Gasteiger partial charge in [0, 0.05) is 0 Å². The number of thioether (sulfide) groups is 1. The van der Waals surface area contributed by atoms with Crippen molar-refractivity contribution in [2.24, 2.45) is 0 Å². The van der Waals surface area contributed by atoms with Crippen molar-refractivity contribution in [1.29, 1.82) is 0 Å². The molecule has 1 saturated carbocycles. The molecular weight excluding hydrogens is 267 g/mol. The summed E-state index contributed by atoms with van der Waals surface area (Å²) in [6.07, 6.45) is 12.4. The zero-order valence-electron chi connectivity index (χ0n) is 7.24. The average molecular weight is 284 g/mol. The number of hydrogen-bond acceptors (Lipinski definition) is 1. The standard InChI is InChI=1S/C9H17IS/c1-11-9(10)7-5-3-2-4-6-8-9/h2-8H2,1H3. The van der Waals surface area contributed by atoms with Crippen LogP contribution in [0.4, 0.5) is 0 Å². The lowest BCUT2D eigenvalue weighted by molar-refractivity contribution is 0.504. The molecule has 0 aromatic heterocycles. The Morgan fingerprint density at radius 3 is 1.91 bits per heavy atom. The number of hydrogen-bond donors (Lipinski definition) is 0. The van der Waals surface area contributed by atoms with E-state index in [-0.39, 0.29) is 0 Å². The van der Waals surface area contributed by atoms with Gasteiger partial charge in [-0.15, -0.1) is 11.8 Å². The van der Waals surface area contributed by atoms with Crippen molar-refractivity contribution >= 4 is 34.4 Å². The third kappa shape index (κ3) is 3.53. The molecule has 0 aromatic carbocycles. The molecular formula is C9H17IS. The van der Waals surface area contributed by atoms with Gasteiger partial charge in [0.2, 0.25) is 0 Å². The highest BCUT2D eigenvalue weighted by Gasteiger charge is 2.24. The SMILES string of the molecule is CSC1(I)CCCCCCC1. The monoisotopic (exact) mass is 284 g/mol. The molecule has 0 heterocycles. The van der Waals surface area contributed by atoms with Crippen LogP contribution in [0.15, 0.2) is 0 Å². The van der Waals surface area contributed by atoms with Crippen LogP contribution in [-0.4, -0.2) is 9.01 Å². The predicted octanol–water partition coefficient (Wildman–Crippen LogP) is 4.23. The first kappa shape index (κ1) is 10.2. The van der Waals surface area contributed by atoms with Crippen molar-refractivity contribution in [3.8, 4) is 0 Å². The maximum atomic E-state index is 2.66. The molecule has 0 aromatic rings. The van der Waals surface area contributed by atoms with Crippen molar-refractivity contribution in [2.45, 2.75) is 47.7 Å². The summed E-state index contributed by atoms with van der Waals surface area (Å²) in [6, 6.07) is 0. The molecule has 1 aliphatic carbocycles. The van der Waals surface area contributed by atoms with Gasteiger partial charge in [0.05, 0.1) is 2.75 Å². The van der Waals surface area contributed by atoms with Crippen LogP contribution in [0.1, 0.15) is 44.9 Å². The molecule has 0 spiro atoms. The first-order chi connectivity index (χ1) is 5.27. The lowest BCUT2D eigenvalue weighted by atomic mass is 10.0. The summed E-state index contributed by atoms with van der Waals surface area (Å²) < 4.78 is 0.582. The highest BCUT2D eigenvalue weighted by Crippen LogP contribution is 2.42. The van der Waals surface area contributed by atoms with Gasteiger partial charge in [-0.25, -0.2) is 0 Å². The third-order valence-corrected chi connectivity index (χ3v) is 6.01. The molecule has 0 saturated heterocycles. The lowest BCUT2D eigenvalue weighted by Crippen LogP contribution is -2.16. The molecule has 0 unspecified atom stereocenters. The Hall–Kier alpha value is 1.08. The van der Waals surface area contributed by atoms with Gasteiger partial charge >= 0.3 is 0 Å². The van der Waals surface area contributed by atoms with Crippen LogP contribution >= 0.6 is 34.4 Å². The minimum Gasteiger partial charge on any atom is -0.148 e. The summed E-state index contributed by atoms with van der Waals surface area (Å²) >= 11 is 4.72. The summed E-state index contributed by atoms with van der Waals surface area (Å²) in [6.45, 7) is 0. The number of alkyl halides is 1. The second-order valence-electron chi connectivity index (χ2n) is 3.35. The number of halogens is 1. The van der Waals surface area contributed by atoms with Gasteiger partial charge in [0.15, 0.2) is 0 Å². The molecule has 1 aliphatic rings. The molecule has 0 amide bonds. The van der Waals surface area contributed by atoms with Crippen molar-refractivity contribution in [2.75, 3.05) is 6.26 Å². The van der Waals surface area contributed by atoms with Crippen LogP contribution in [0.5, 0.6) is 0 Å². The van der Waals surface area contributed by atoms with Gasteiger partial charge in [-0.1, -0.05) is 54.7 Å². The predicted molar refractivity (Wildman–Crippen MR) is 62.6 cm³/mol. The van der Waals surface area contributed by atoms with E-state index >= 15 is 0 Å². The maximum absolute atomic E-state index is 2.66. The van der Waals surface area contributed by atoms with Gasteiger partial charge in [-0.05, 0) is 19.1 Å². The first-order valence-electron chi connectivity index (χ1n) is 4.51. The molecule has 1 rings (SSSR count). The normalized spacial score (nSPS) is 25.6. The molecule has 11 heavy (non-hydrogen) atoms. The van der Waals surface area contributed by atoms with E-state index in [1.54, 1.807) is 0 Å². The van der Waals surface area contributed by atoms with Crippen LogP contribution in [-0.2, 0) is 0 Å². The van der Waals surface area contributed by atoms with E-state index in [2.05, 4.69) is 40.6 Å². The highest BCUT2D eigenvalue weighted by atomic mass is 127. The summed E-state index contributed by atoms with van der Waals surface area (Å²) in [7, 11) is 0. The fourth-order valence-corrected chi connectivity index (χ4v) is 3.10. The largest absolute Gasteiger partial charge is 0.148 e. The Labute approximate surface area is 88.0 Å². The van der Waals surface area contributed by atoms with E-state index in [0.29, 0.717) is 2.75 Å². The quantitative estimate of drug-likeness (QED) is 0.513. The molecule has 0 nitrogen and oxygen atoms in total. The van der Waals surface area contributed by atoms with Gasteiger partial charge in [0.1, 0.15) is 0 Å². The zero-order valence-corrected chi connectivity index (χ0v) is 10.2. The molecule has 0 N–H and O–H groups in total. The highest BCUT2D eigenvalue weighted by molar-refractivity contribution is 14.1. The summed E-state index contributed by atoms with van der Waals surface area (Å²) in [5.41, 5.74) is 0. The van der Waals surface area contributed by atoms with E-state index in [0.717, 1.165) is 0 Å². The van der Waals surface area contributed by atoms with E-state index < -0.39 is 0 Å². The average Bonchev–Trinajstić information content (AvgIpc) is 1.98. The van der Waals surface area contributed by atoms with E-state index in [9.17, 15) is 0 Å². The molecule has 0 bridgehead atoms. The van der Waals surface area contributed by atoms with Crippen LogP contribution in [0, 0.1) is 0 Å².